The molecule has 0 fully saturated rings. The summed E-state index contributed by atoms with van der Waals surface area (Å²) in [6.07, 6.45) is 5.10. The molecule has 1 aliphatic carbocycles. The van der Waals surface area contributed by atoms with Crippen LogP contribution in [0, 0.1) is 0 Å². The molecule has 4 heteroatoms. The van der Waals surface area contributed by atoms with Crippen LogP contribution in [0.2, 0.25) is 0 Å². The van der Waals surface area contributed by atoms with E-state index in [0.717, 1.165) is 12.1 Å². The van der Waals surface area contributed by atoms with Gasteiger partial charge in [0.05, 0.1) is 5.70 Å². The lowest BCUT2D eigenvalue weighted by molar-refractivity contribution is 0.461. The molecule has 11 heavy (non-hydrogen) atoms. The first-order chi connectivity index (χ1) is 5.21. The predicted molar refractivity (Wildman–Crippen MR) is 51.2 cm³/mol. The van der Waals surface area contributed by atoms with Gasteiger partial charge in [0.1, 0.15) is 5.54 Å². The lowest BCUT2D eigenvalue weighted by Gasteiger charge is -2.25. The first-order valence-corrected chi connectivity index (χ1v) is 4.53. The van der Waals surface area contributed by atoms with E-state index in [1.807, 2.05) is 6.08 Å². The van der Waals surface area contributed by atoms with Gasteiger partial charge >= 0.3 is 0 Å². The fourth-order valence-corrected chi connectivity index (χ4v) is 2.21. The summed E-state index contributed by atoms with van der Waals surface area (Å²) in [4.78, 5) is 0. The van der Waals surface area contributed by atoms with Crippen LogP contribution in [0.25, 0.3) is 0 Å². The Hall–Kier alpha value is -0.390. The minimum Gasteiger partial charge on any atom is -0.279 e. The van der Waals surface area contributed by atoms with Gasteiger partial charge in [-0.2, -0.15) is 0 Å². The zero-order valence-electron chi connectivity index (χ0n) is 6.13. The van der Waals surface area contributed by atoms with Crippen LogP contribution < -0.4 is 5.43 Å². The van der Waals surface area contributed by atoms with E-state index < -0.39 is 0 Å². The maximum Gasteiger partial charge on any atom is 0.102 e. The molecule has 1 unspecified atom stereocenters. The van der Waals surface area contributed by atoms with Gasteiger partial charge in [0.25, 0.3) is 0 Å². The van der Waals surface area contributed by atoms with E-state index >= 15 is 0 Å². The lowest BCUT2D eigenvalue weighted by Crippen LogP contribution is -2.37. The highest BCUT2D eigenvalue weighted by molar-refractivity contribution is 14.1. The molecule has 0 aromatic carbocycles. The van der Waals surface area contributed by atoms with E-state index in [0.29, 0.717) is 0 Å². The third-order valence-corrected chi connectivity index (χ3v) is 2.71. The van der Waals surface area contributed by atoms with Crippen LogP contribution in [0.5, 0.6) is 0 Å². The molecule has 2 rings (SSSR count). The highest BCUT2D eigenvalue weighted by Crippen LogP contribution is 2.35. The van der Waals surface area contributed by atoms with Crippen molar-refractivity contribution >= 4 is 22.6 Å². The number of hydrogen-bond donors (Lipinski definition) is 1. The quantitative estimate of drug-likeness (QED) is 0.667. The first kappa shape index (κ1) is 7.27. The van der Waals surface area contributed by atoms with Crippen molar-refractivity contribution in [3.8, 4) is 0 Å². The Labute approximate surface area is 78.8 Å². The van der Waals surface area contributed by atoms with Crippen molar-refractivity contribution in [1.29, 1.82) is 0 Å². The Morgan fingerprint density at radius 2 is 2.45 bits per heavy atom. The van der Waals surface area contributed by atoms with E-state index in [4.69, 9.17) is 0 Å². The van der Waals surface area contributed by atoms with Gasteiger partial charge in [-0.25, -0.2) is 0 Å². The minimum absolute atomic E-state index is 0.0364. The molecule has 0 aromatic heterocycles. The van der Waals surface area contributed by atoms with E-state index in [-0.39, 0.29) is 5.54 Å². The van der Waals surface area contributed by atoms with Crippen molar-refractivity contribution in [3.63, 3.8) is 0 Å². The van der Waals surface area contributed by atoms with E-state index in [2.05, 4.69) is 51.4 Å². The number of allylic oxidation sites excluding steroid dienone is 2. The fraction of sp³-hybridized carbons (Fsp3) is 0.429. The molecule has 0 bridgehead atoms. The summed E-state index contributed by atoms with van der Waals surface area (Å²) >= 11 is 2.34. The molecular formula is C7H8IN3. The van der Waals surface area contributed by atoms with Gasteiger partial charge in [-0.15, -0.1) is 5.11 Å². The Bertz CT molecular complexity index is 279. The zero-order chi connectivity index (χ0) is 7.90. The van der Waals surface area contributed by atoms with E-state index in [1.54, 1.807) is 0 Å². The smallest absolute Gasteiger partial charge is 0.102 e. The molecule has 0 aromatic rings. The van der Waals surface area contributed by atoms with Gasteiger partial charge in [-0.3, -0.25) is 5.43 Å². The Balaban J connectivity index is 2.40. The number of halogens is 1. The number of fused-ring (bicyclic) bond motifs is 1. The lowest BCUT2D eigenvalue weighted by atomic mass is 9.91. The Morgan fingerprint density at radius 1 is 1.64 bits per heavy atom. The molecule has 1 atom stereocenters. The van der Waals surface area contributed by atoms with Gasteiger partial charge < -0.3 is 0 Å². The van der Waals surface area contributed by atoms with Gasteiger partial charge in [0.2, 0.25) is 0 Å². The van der Waals surface area contributed by atoms with Crippen LogP contribution in [0.3, 0.4) is 0 Å². The van der Waals surface area contributed by atoms with Crippen molar-refractivity contribution in [1.82, 2.24) is 5.43 Å². The van der Waals surface area contributed by atoms with Crippen LogP contribution in [0.15, 0.2) is 31.8 Å². The van der Waals surface area contributed by atoms with Gasteiger partial charge in [0, 0.05) is 6.42 Å². The minimum atomic E-state index is -0.0364. The number of nitrogens with one attached hydrogen (secondary N) is 1. The highest BCUT2D eigenvalue weighted by atomic mass is 127. The van der Waals surface area contributed by atoms with Crippen LogP contribution in [0.1, 0.15) is 13.3 Å². The summed E-state index contributed by atoms with van der Waals surface area (Å²) in [6, 6.07) is 0. The normalized spacial score (nSPS) is 34.0. The molecule has 0 saturated heterocycles. The summed E-state index contributed by atoms with van der Waals surface area (Å²) in [5.74, 6) is 0. The van der Waals surface area contributed by atoms with Gasteiger partial charge in [-0.05, 0) is 39.2 Å². The number of rotatable bonds is 0. The summed E-state index contributed by atoms with van der Waals surface area (Å²) in [5.41, 5.74) is 4.01. The topological polar surface area (TPSA) is 36.8 Å². The predicted octanol–water partition coefficient (Wildman–Crippen LogP) is 2.32. The second-order valence-corrected chi connectivity index (χ2v) is 4.37. The Kier molecular flexibility index (Phi) is 1.52. The first-order valence-electron chi connectivity index (χ1n) is 3.45. The van der Waals surface area contributed by atoms with Crippen LogP contribution in [-0.4, -0.2) is 5.54 Å². The van der Waals surface area contributed by atoms with Crippen LogP contribution in [-0.2, 0) is 0 Å². The zero-order valence-corrected chi connectivity index (χ0v) is 8.29. The average Bonchev–Trinajstić information content (AvgIpc) is 2.28. The van der Waals surface area contributed by atoms with E-state index in [1.165, 1.54) is 3.58 Å². The van der Waals surface area contributed by atoms with Crippen molar-refractivity contribution in [2.75, 3.05) is 0 Å². The maximum atomic E-state index is 3.99. The summed E-state index contributed by atoms with van der Waals surface area (Å²) in [7, 11) is 0. The standard InChI is InChI=1S/C7H8IN3/c1-7-4-5(8)2-3-6(7)9-11-10-7/h2-3H,4H2,1H3,(H,9,10). The third kappa shape index (κ3) is 1.09. The molecule has 3 nitrogen and oxygen atoms in total. The largest absolute Gasteiger partial charge is 0.279 e. The molecule has 0 saturated carbocycles. The maximum absolute atomic E-state index is 3.99. The van der Waals surface area contributed by atoms with Crippen LogP contribution in [0.4, 0.5) is 0 Å². The summed E-state index contributed by atoms with van der Waals surface area (Å²) < 4.78 is 1.34. The molecule has 2 aliphatic rings. The average molecular weight is 261 g/mol. The van der Waals surface area contributed by atoms with Crippen LogP contribution >= 0.6 is 22.6 Å². The van der Waals surface area contributed by atoms with Crippen molar-refractivity contribution < 1.29 is 0 Å². The molecule has 58 valence electrons. The molecule has 1 N–H and O–H groups in total. The highest BCUT2D eigenvalue weighted by Gasteiger charge is 2.35. The number of hydrogen-bond acceptors (Lipinski definition) is 3. The third-order valence-electron chi connectivity index (χ3n) is 1.96. The van der Waals surface area contributed by atoms with Gasteiger partial charge in [-0.1, -0.05) is 11.3 Å². The van der Waals surface area contributed by atoms with Crippen molar-refractivity contribution in [2.45, 2.75) is 18.9 Å². The van der Waals surface area contributed by atoms with Crippen molar-refractivity contribution in [2.24, 2.45) is 10.3 Å². The summed E-state index contributed by atoms with van der Waals surface area (Å²) in [5, 5.41) is 7.80. The number of nitrogens with zero attached hydrogens (tertiary/aromatic N) is 2. The second-order valence-electron chi connectivity index (χ2n) is 2.99. The second kappa shape index (κ2) is 2.30. The molecule has 1 aliphatic heterocycles. The molecule has 0 amide bonds. The molecular weight excluding hydrogens is 253 g/mol. The summed E-state index contributed by atoms with van der Waals surface area (Å²) in [6.45, 7) is 2.12. The molecule has 1 heterocycles. The molecule has 0 spiro atoms. The van der Waals surface area contributed by atoms with Gasteiger partial charge in [0.15, 0.2) is 0 Å². The van der Waals surface area contributed by atoms with E-state index in [9.17, 15) is 0 Å². The van der Waals surface area contributed by atoms with Crippen molar-refractivity contribution in [3.05, 3.63) is 21.4 Å². The SMILES string of the molecule is CC12CC(I)=CC=C1N=NN2. The fourth-order valence-electron chi connectivity index (χ4n) is 1.27. The molecule has 0 radical (unpaired) electrons. The Morgan fingerprint density at radius 3 is 3.27 bits per heavy atom. The monoisotopic (exact) mass is 261 g/mol.